The molecule has 0 saturated heterocycles. The maximum atomic E-state index is 11.8. The number of rotatable bonds is 3. The second kappa shape index (κ2) is 4.45. The number of amides is 1. The van der Waals surface area contributed by atoms with Crippen molar-refractivity contribution in [2.75, 3.05) is 7.05 Å². The summed E-state index contributed by atoms with van der Waals surface area (Å²) >= 11 is 5.60. The van der Waals surface area contributed by atoms with Crippen LogP contribution in [0.25, 0.3) is 0 Å². The molecule has 1 amide bonds. The van der Waals surface area contributed by atoms with E-state index in [1.54, 1.807) is 31.5 Å². The second-order valence-corrected chi connectivity index (χ2v) is 3.72. The van der Waals surface area contributed by atoms with Crippen LogP contribution in [0, 0.1) is 0 Å². The van der Waals surface area contributed by atoms with Gasteiger partial charge in [0, 0.05) is 7.05 Å². The summed E-state index contributed by atoms with van der Waals surface area (Å²) in [6.07, 6.45) is 1.57. The van der Waals surface area contributed by atoms with Gasteiger partial charge in [-0.3, -0.25) is 4.79 Å². The average Bonchev–Trinajstić information content (AvgIpc) is 2.88. The summed E-state index contributed by atoms with van der Waals surface area (Å²) in [6.45, 7) is 0.393. The van der Waals surface area contributed by atoms with Gasteiger partial charge in [0.15, 0.2) is 11.0 Å². The van der Waals surface area contributed by atoms with Gasteiger partial charge in [0.2, 0.25) is 0 Å². The van der Waals surface area contributed by atoms with Gasteiger partial charge < -0.3 is 13.7 Å². The second-order valence-electron chi connectivity index (χ2n) is 3.34. The highest BCUT2D eigenvalue weighted by Gasteiger charge is 2.16. The summed E-state index contributed by atoms with van der Waals surface area (Å²) < 4.78 is 10.2. The third-order valence-corrected chi connectivity index (χ3v) is 2.31. The van der Waals surface area contributed by atoms with Crippen molar-refractivity contribution in [1.29, 1.82) is 0 Å². The van der Waals surface area contributed by atoms with Crippen molar-refractivity contribution >= 4 is 17.5 Å². The van der Waals surface area contributed by atoms with E-state index in [0.717, 1.165) is 0 Å². The van der Waals surface area contributed by atoms with Crippen LogP contribution in [-0.4, -0.2) is 17.9 Å². The van der Waals surface area contributed by atoms with Crippen LogP contribution in [0.1, 0.15) is 16.3 Å². The van der Waals surface area contributed by atoms with Crippen molar-refractivity contribution in [3.05, 3.63) is 47.3 Å². The Balaban J connectivity index is 2.05. The average molecular weight is 240 g/mol. The number of carbonyl (C=O) groups excluding carboxylic acids is 1. The monoisotopic (exact) mass is 239 g/mol. The molecule has 0 N–H and O–H groups in total. The van der Waals surface area contributed by atoms with Crippen LogP contribution in [0.5, 0.6) is 0 Å². The van der Waals surface area contributed by atoms with Crippen molar-refractivity contribution < 1.29 is 13.6 Å². The molecule has 84 valence electrons. The Kier molecular flexibility index (Phi) is 3.01. The molecule has 0 fully saturated rings. The van der Waals surface area contributed by atoms with Crippen molar-refractivity contribution in [3.8, 4) is 0 Å². The van der Waals surface area contributed by atoms with E-state index in [0.29, 0.717) is 12.3 Å². The zero-order valence-corrected chi connectivity index (χ0v) is 9.40. The van der Waals surface area contributed by atoms with E-state index in [4.69, 9.17) is 20.4 Å². The normalized spacial score (nSPS) is 10.4. The SMILES string of the molecule is CN(Cc1ccco1)C(=O)c1ccc(Cl)o1. The highest BCUT2D eigenvalue weighted by atomic mass is 35.5. The molecule has 2 aromatic heterocycles. The highest BCUT2D eigenvalue weighted by Crippen LogP contribution is 2.15. The van der Waals surface area contributed by atoms with Crippen molar-refractivity contribution in [2.24, 2.45) is 0 Å². The lowest BCUT2D eigenvalue weighted by molar-refractivity contribution is 0.0744. The maximum absolute atomic E-state index is 11.8. The fourth-order valence-electron chi connectivity index (χ4n) is 1.33. The first-order chi connectivity index (χ1) is 7.66. The van der Waals surface area contributed by atoms with Crippen LogP contribution in [0.3, 0.4) is 0 Å². The van der Waals surface area contributed by atoms with E-state index in [9.17, 15) is 4.79 Å². The number of carbonyl (C=O) groups is 1. The minimum Gasteiger partial charge on any atom is -0.467 e. The van der Waals surface area contributed by atoms with Crippen LogP contribution in [0.2, 0.25) is 5.22 Å². The zero-order valence-electron chi connectivity index (χ0n) is 8.64. The molecular formula is C11H10ClNO3. The molecule has 4 nitrogen and oxygen atoms in total. The first-order valence-electron chi connectivity index (χ1n) is 4.70. The Morgan fingerprint density at radius 2 is 2.25 bits per heavy atom. The van der Waals surface area contributed by atoms with Gasteiger partial charge in [-0.2, -0.15) is 0 Å². The van der Waals surface area contributed by atoms with Gasteiger partial charge in [0.05, 0.1) is 12.8 Å². The minimum absolute atomic E-state index is 0.203. The summed E-state index contributed by atoms with van der Waals surface area (Å²) in [5, 5.41) is 0.203. The molecular weight excluding hydrogens is 230 g/mol. The lowest BCUT2D eigenvalue weighted by atomic mass is 10.3. The van der Waals surface area contributed by atoms with Crippen molar-refractivity contribution in [1.82, 2.24) is 4.90 Å². The predicted molar refractivity (Wildman–Crippen MR) is 58.2 cm³/mol. The lowest BCUT2D eigenvalue weighted by Gasteiger charge is -2.13. The molecule has 0 atom stereocenters. The molecule has 2 rings (SSSR count). The summed E-state index contributed by atoms with van der Waals surface area (Å²) in [7, 11) is 1.67. The van der Waals surface area contributed by atoms with Gasteiger partial charge in [0.1, 0.15) is 5.76 Å². The minimum atomic E-state index is -0.233. The van der Waals surface area contributed by atoms with Crippen molar-refractivity contribution in [3.63, 3.8) is 0 Å². The Morgan fingerprint density at radius 3 is 2.81 bits per heavy atom. The summed E-state index contributed by atoms with van der Waals surface area (Å²) in [5.41, 5.74) is 0. The fourth-order valence-corrected chi connectivity index (χ4v) is 1.47. The molecule has 2 aromatic rings. The van der Waals surface area contributed by atoms with Gasteiger partial charge in [-0.05, 0) is 35.9 Å². The number of furan rings is 2. The van der Waals surface area contributed by atoms with E-state index >= 15 is 0 Å². The molecule has 5 heteroatoms. The van der Waals surface area contributed by atoms with E-state index in [-0.39, 0.29) is 16.9 Å². The first kappa shape index (κ1) is 10.8. The Labute approximate surface area is 97.4 Å². The van der Waals surface area contributed by atoms with Gasteiger partial charge in [-0.1, -0.05) is 0 Å². The molecule has 0 aliphatic rings. The van der Waals surface area contributed by atoms with E-state index in [1.165, 1.54) is 11.0 Å². The molecule has 16 heavy (non-hydrogen) atoms. The number of halogens is 1. The zero-order chi connectivity index (χ0) is 11.5. The third kappa shape index (κ3) is 2.28. The van der Waals surface area contributed by atoms with Crippen LogP contribution < -0.4 is 0 Å². The smallest absolute Gasteiger partial charge is 0.289 e. The molecule has 2 heterocycles. The van der Waals surface area contributed by atoms with Crippen molar-refractivity contribution in [2.45, 2.75) is 6.54 Å². The van der Waals surface area contributed by atoms with Gasteiger partial charge in [0.25, 0.3) is 5.91 Å². The molecule has 0 unspecified atom stereocenters. The highest BCUT2D eigenvalue weighted by molar-refractivity contribution is 6.29. The number of hydrogen-bond acceptors (Lipinski definition) is 3. The van der Waals surface area contributed by atoms with Crippen LogP contribution in [-0.2, 0) is 6.54 Å². The van der Waals surface area contributed by atoms with E-state index in [2.05, 4.69) is 0 Å². The summed E-state index contributed by atoms with van der Waals surface area (Å²) in [6, 6.07) is 6.66. The fraction of sp³-hybridized carbons (Fsp3) is 0.182. The maximum Gasteiger partial charge on any atom is 0.289 e. The first-order valence-corrected chi connectivity index (χ1v) is 5.08. The largest absolute Gasteiger partial charge is 0.467 e. The van der Waals surface area contributed by atoms with Gasteiger partial charge in [-0.25, -0.2) is 0 Å². The molecule has 0 spiro atoms. The number of nitrogens with zero attached hydrogens (tertiary/aromatic N) is 1. The van der Waals surface area contributed by atoms with Crippen LogP contribution in [0.4, 0.5) is 0 Å². The molecule has 0 aliphatic carbocycles. The number of hydrogen-bond donors (Lipinski definition) is 0. The Bertz CT molecular complexity index is 475. The van der Waals surface area contributed by atoms with Crippen LogP contribution >= 0.6 is 11.6 Å². The summed E-state index contributed by atoms with van der Waals surface area (Å²) in [4.78, 5) is 13.3. The van der Waals surface area contributed by atoms with E-state index in [1.807, 2.05) is 0 Å². The molecule has 0 radical (unpaired) electrons. The topological polar surface area (TPSA) is 46.6 Å². The lowest BCUT2D eigenvalue weighted by Crippen LogP contribution is -2.25. The van der Waals surface area contributed by atoms with Gasteiger partial charge in [-0.15, -0.1) is 0 Å². The summed E-state index contributed by atoms with van der Waals surface area (Å²) in [5.74, 6) is 0.704. The van der Waals surface area contributed by atoms with Gasteiger partial charge >= 0.3 is 0 Å². The molecule has 0 saturated carbocycles. The predicted octanol–water partition coefficient (Wildman–Crippen LogP) is 2.80. The third-order valence-electron chi connectivity index (χ3n) is 2.10. The Morgan fingerprint density at radius 1 is 1.44 bits per heavy atom. The molecule has 0 bridgehead atoms. The Hall–Kier alpha value is -1.68. The van der Waals surface area contributed by atoms with Crippen LogP contribution in [0.15, 0.2) is 39.4 Å². The quantitative estimate of drug-likeness (QED) is 0.827. The standard InChI is InChI=1S/C11H10ClNO3/c1-13(7-8-3-2-6-15-8)11(14)9-4-5-10(12)16-9/h2-6H,7H2,1H3. The molecule has 0 aliphatic heterocycles. The molecule has 0 aromatic carbocycles. The van der Waals surface area contributed by atoms with E-state index < -0.39 is 0 Å².